The van der Waals surface area contributed by atoms with E-state index in [-0.39, 0.29) is 0 Å². The summed E-state index contributed by atoms with van der Waals surface area (Å²) in [7, 11) is 0. The van der Waals surface area contributed by atoms with E-state index in [9.17, 15) is 0 Å². The maximum atomic E-state index is 5.72. The molecule has 0 aromatic heterocycles. The molecule has 2 rings (SSSR count). The van der Waals surface area contributed by atoms with Gasteiger partial charge in [0, 0.05) is 21.9 Å². The molecule has 1 aromatic carbocycles. The SMILES string of the molecule is CC1CCC(Nc2ccc(N)cc2Br)CC1. The first-order chi connectivity index (χ1) is 7.65. The summed E-state index contributed by atoms with van der Waals surface area (Å²) in [6.45, 7) is 2.34. The number of benzene rings is 1. The number of halogens is 1. The number of hydrogen-bond donors (Lipinski definition) is 2. The minimum absolute atomic E-state index is 0.621. The van der Waals surface area contributed by atoms with Crippen molar-refractivity contribution in [2.75, 3.05) is 11.1 Å². The summed E-state index contributed by atoms with van der Waals surface area (Å²) in [6.07, 6.45) is 5.23. The quantitative estimate of drug-likeness (QED) is 0.804. The van der Waals surface area contributed by atoms with E-state index in [4.69, 9.17) is 5.73 Å². The minimum atomic E-state index is 0.621. The Morgan fingerprint density at radius 1 is 1.25 bits per heavy atom. The Kier molecular flexibility index (Phi) is 3.74. The Labute approximate surface area is 106 Å². The van der Waals surface area contributed by atoms with Gasteiger partial charge in [-0.25, -0.2) is 0 Å². The largest absolute Gasteiger partial charge is 0.399 e. The van der Waals surface area contributed by atoms with Gasteiger partial charge in [-0.3, -0.25) is 0 Å². The van der Waals surface area contributed by atoms with Crippen LogP contribution in [0, 0.1) is 5.92 Å². The van der Waals surface area contributed by atoms with Gasteiger partial charge in [-0.05, 0) is 65.7 Å². The zero-order valence-electron chi connectivity index (χ0n) is 9.67. The van der Waals surface area contributed by atoms with E-state index in [0.717, 1.165) is 21.8 Å². The Bertz CT molecular complexity index is 357. The van der Waals surface area contributed by atoms with E-state index in [1.807, 2.05) is 12.1 Å². The lowest BCUT2D eigenvalue weighted by atomic mass is 9.87. The molecule has 1 saturated carbocycles. The Hall–Kier alpha value is -0.700. The predicted octanol–water partition coefficient (Wildman–Crippen LogP) is 4.02. The van der Waals surface area contributed by atoms with Crippen molar-refractivity contribution < 1.29 is 0 Å². The second kappa shape index (κ2) is 5.09. The minimum Gasteiger partial charge on any atom is -0.399 e. The predicted molar refractivity (Wildman–Crippen MR) is 73.6 cm³/mol. The summed E-state index contributed by atoms with van der Waals surface area (Å²) in [5.74, 6) is 0.896. The lowest BCUT2D eigenvalue weighted by molar-refractivity contribution is 0.361. The van der Waals surface area contributed by atoms with Gasteiger partial charge in [0.05, 0.1) is 0 Å². The van der Waals surface area contributed by atoms with Gasteiger partial charge in [0.15, 0.2) is 0 Å². The van der Waals surface area contributed by atoms with Crippen LogP contribution in [0.1, 0.15) is 32.6 Å². The van der Waals surface area contributed by atoms with Crippen LogP contribution in [-0.2, 0) is 0 Å². The van der Waals surface area contributed by atoms with Crippen molar-refractivity contribution in [2.45, 2.75) is 38.6 Å². The molecule has 1 aromatic rings. The topological polar surface area (TPSA) is 38.0 Å². The van der Waals surface area contributed by atoms with Gasteiger partial charge in [0.1, 0.15) is 0 Å². The highest BCUT2D eigenvalue weighted by Gasteiger charge is 2.18. The van der Waals surface area contributed by atoms with Crippen LogP contribution >= 0.6 is 15.9 Å². The summed E-state index contributed by atoms with van der Waals surface area (Å²) < 4.78 is 1.06. The zero-order valence-corrected chi connectivity index (χ0v) is 11.3. The number of anilines is 2. The van der Waals surface area contributed by atoms with E-state index in [1.54, 1.807) is 0 Å². The second-order valence-electron chi connectivity index (χ2n) is 4.84. The third kappa shape index (κ3) is 2.91. The van der Waals surface area contributed by atoms with Crippen molar-refractivity contribution in [3.8, 4) is 0 Å². The number of nitrogens with two attached hydrogens (primary N) is 1. The van der Waals surface area contributed by atoms with Crippen LogP contribution in [0.2, 0.25) is 0 Å². The highest BCUT2D eigenvalue weighted by atomic mass is 79.9. The Morgan fingerprint density at radius 2 is 1.94 bits per heavy atom. The summed E-state index contributed by atoms with van der Waals surface area (Å²) >= 11 is 3.54. The van der Waals surface area contributed by atoms with Crippen molar-refractivity contribution in [2.24, 2.45) is 5.92 Å². The molecule has 3 N–H and O–H groups in total. The van der Waals surface area contributed by atoms with Gasteiger partial charge >= 0.3 is 0 Å². The third-order valence-electron chi connectivity index (χ3n) is 3.37. The molecule has 0 amide bonds. The molecule has 0 spiro atoms. The highest BCUT2D eigenvalue weighted by Crippen LogP contribution is 2.30. The highest BCUT2D eigenvalue weighted by molar-refractivity contribution is 9.10. The van der Waals surface area contributed by atoms with Gasteiger partial charge < -0.3 is 11.1 Å². The zero-order chi connectivity index (χ0) is 11.5. The van der Waals surface area contributed by atoms with E-state index in [2.05, 4.69) is 34.2 Å². The van der Waals surface area contributed by atoms with Gasteiger partial charge in [-0.15, -0.1) is 0 Å². The van der Waals surface area contributed by atoms with Gasteiger partial charge in [0.2, 0.25) is 0 Å². The van der Waals surface area contributed by atoms with Gasteiger partial charge in [-0.2, -0.15) is 0 Å². The van der Waals surface area contributed by atoms with Crippen LogP contribution in [0.3, 0.4) is 0 Å². The van der Waals surface area contributed by atoms with Crippen LogP contribution in [0.25, 0.3) is 0 Å². The molecule has 3 heteroatoms. The molecule has 0 saturated heterocycles. The van der Waals surface area contributed by atoms with Crippen molar-refractivity contribution in [3.05, 3.63) is 22.7 Å². The lowest BCUT2D eigenvalue weighted by Gasteiger charge is -2.28. The van der Waals surface area contributed by atoms with E-state index < -0.39 is 0 Å². The molecule has 0 atom stereocenters. The molecule has 1 fully saturated rings. The van der Waals surface area contributed by atoms with E-state index in [0.29, 0.717) is 6.04 Å². The fourth-order valence-corrected chi connectivity index (χ4v) is 2.78. The molecule has 0 unspecified atom stereocenters. The average Bonchev–Trinajstić information content (AvgIpc) is 2.25. The molecule has 0 radical (unpaired) electrons. The summed E-state index contributed by atoms with van der Waals surface area (Å²) in [5, 5.41) is 3.59. The molecule has 16 heavy (non-hydrogen) atoms. The first-order valence-corrected chi connectivity index (χ1v) is 6.76. The molecular formula is C13H19BrN2. The molecule has 1 aliphatic carbocycles. The normalized spacial score (nSPS) is 25.4. The second-order valence-corrected chi connectivity index (χ2v) is 5.69. The lowest BCUT2D eigenvalue weighted by Crippen LogP contribution is -2.25. The first kappa shape index (κ1) is 11.8. The number of rotatable bonds is 2. The summed E-state index contributed by atoms with van der Waals surface area (Å²) in [5.41, 5.74) is 7.68. The fraction of sp³-hybridized carbons (Fsp3) is 0.538. The first-order valence-electron chi connectivity index (χ1n) is 5.96. The van der Waals surface area contributed by atoms with Crippen LogP contribution in [0.5, 0.6) is 0 Å². The smallest absolute Gasteiger partial charge is 0.0488 e. The molecule has 0 aliphatic heterocycles. The maximum Gasteiger partial charge on any atom is 0.0488 e. The fourth-order valence-electron chi connectivity index (χ4n) is 2.27. The Morgan fingerprint density at radius 3 is 2.56 bits per heavy atom. The van der Waals surface area contributed by atoms with Gasteiger partial charge in [-0.1, -0.05) is 6.92 Å². The monoisotopic (exact) mass is 282 g/mol. The molecule has 0 bridgehead atoms. The van der Waals surface area contributed by atoms with Crippen molar-refractivity contribution in [1.82, 2.24) is 0 Å². The molecule has 1 aliphatic rings. The molecule has 88 valence electrons. The van der Waals surface area contributed by atoms with Crippen LogP contribution in [0.4, 0.5) is 11.4 Å². The third-order valence-corrected chi connectivity index (χ3v) is 4.02. The van der Waals surface area contributed by atoms with Crippen LogP contribution in [-0.4, -0.2) is 6.04 Å². The average molecular weight is 283 g/mol. The number of nitrogens with one attached hydrogen (secondary N) is 1. The number of hydrogen-bond acceptors (Lipinski definition) is 2. The Balaban J connectivity index is 1.98. The standard InChI is InChI=1S/C13H19BrN2/c1-9-2-5-11(6-3-9)16-13-7-4-10(15)8-12(13)14/h4,7-9,11,16H,2-3,5-6,15H2,1H3. The summed E-state index contributed by atoms with van der Waals surface area (Å²) in [4.78, 5) is 0. The van der Waals surface area contributed by atoms with Gasteiger partial charge in [0.25, 0.3) is 0 Å². The maximum absolute atomic E-state index is 5.72. The van der Waals surface area contributed by atoms with E-state index in [1.165, 1.54) is 25.7 Å². The van der Waals surface area contributed by atoms with Crippen molar-refractivity contribution in [1.29, 1.82) is 0 Å². The molecule has 0 heterocycles. The number of nitrogen functional groups attached to an aromatic ring is 1. The van der Waals surface area contributed by atoms with Crippen molar-refractivity contribution in [3.63, 3.8) is 0 Å². The molecule has 2 nitrogen and oxygen atoms in total. The van der Waals surface area contributed by atoms with E-state index >= 15 is 0 Å². The van der Waals surface area contributed by atoms with Crippen LogP contribution in [0.15, 0.2) is 22.7 Å². The van der Waals surface area contributed by atoms with Crippen molar-refractivity contribution >= 4 is 27.3 Å². The van der Waals surface area contributed by atoms with Crippen LogP contribution < -0.4 is 11.1 Å². The summed E-state index contributed by atoms with van der Waals surface area (Å²) in [6, 6.07) is 6.57. The molecular weight excluding hydrogens is 264 g/mol.